The van der Waals surface area contributed by atoms with E-state index in [-0.39, 0.29) is 0 Å². The molecular formula is C12H10N8. The molecule has 0 spiro atoms. The molecule has 0 bridgehead atoms. The van der Waals surface area contributed by atoms with Gasteiger partial charge < -0.3 is 11.5 Å². The van der Waals surface area contributed by atoms with Crippen LogP contribution in [0.3, 0.4) is 0 Å². The molecule has 0 radical (unpaired) electrons. The predicted molar refractivity (Wildman–Crippen MR) is 72.9 cm³/mol. The second kappa shape index (κ2) is 4.84. The summed E-state index contributed by atoms with van der Waals surface area (Å²) in [4.78, 5) is 24.0. The van der Waals surface area contributed by atoms with Crippen molar-refractivity contribution in [3.8, 4) is 22.8 Å². The van der Waals surface area contributed by atoms with Gasteiger partial charge in [-0.15, -0.1) is 0 Å². The van der Waals surface area contributed by atoms with E-state index in [2.05, 4.69) is 29.9 Å². The Morgan fingerprint density at radius 3 is 1.30 bits per heavy atom. The monoisotopic (exact) mass is 266 g/mol. The van der Waals surface area contributed by atoms with Gasteiger partial charge in [-0.3, -0.25) is 0 Å². The smallest absolute Gasteiger partial charge is 0.165 e. The number of nitrogens with zero attached hydrogens (tertiary/aromatic N) is 6. The lowest BCUT2D eigenvalue weighted by Crippen LogP contribution is -2.03. The molecule has 0 aliphatic rings. The van der Waals surface area contributed by atoms with E-state index < -0.39 is 0 Å². The van der Waals surface area contributed by atoms with Crippen LogP contribution in [0.5, 0.6) is 0 Å². The van der Waals surface area contributed by atoms with Gasteiger partial charge in [0.05, 0.1) is 11.1 Å². The number of hydrogen-bond donors (Lipinski definition) is 2. The van der Waals surface area contributed by atoms with Gasteiger partial charge in [0.1, 0.15) is 25.3 Å². The Bertz CT molecular complexity index is 665. The summed E-state index contributed by atoms with van der Waals surface area (Å²) in [7, 11) is 0. The minimum atomic E-state index is 0.417. The van der Waals surface area contributed by atoms with Gasteiger partial charge in [0.15, 0.2) is 11.6 Å². The molecule has 3 rings (SSSR count). The van der Waals surface area contributed by atoms with Crippen molar-refractivity contribution in [3.63, 3.8) is 0 Å². The summed E-state index contributed by atoms with van der Waals surface area (Å²) in [6, 6.07) is 3.39. The molecule has 0 saturated heterocycles. The van der Waals surface area contributed by atoms with Crippen molar-refractivity contribution in [2.75, 3.05) is 11.5 Å². The predicted octanol–water partition coefficient (Wildman–Crippen LogP) is 0.555. The van der Waals surface area contributed by atoms with Gasteiger partial charge in [-0.05, 0) is 12.1 Å². The quantitative estimate of drug-likeness (QED) is 0.643. The molecule has 8 nitrogen and oxygen atoms in total. The molecule has 0 unspecified atom stereocenters. The molecule has 98 valence electrons. The second-order valence-corrected chi connectivity index (χ2v) is 3.92. The van der Waals surface area contributed by atoms with Crippen LogP contribution in [0.4, 0.5) is 11.4 Å². The molecule has 20 heavy (non-hydrogen) atoms. The highest BCUT2D eigenvalue weighted by Gasteiger charge is 2.18. The molecule has 0 fully saturated rings. The van der Waals surface area contributed by atoms with Crippen LogP contribution in [0.25, 0.3) is 22.8 Å². The fourth-order valence-electron chi connectivity index (χ4n) is 1.85. The van der Waals surface area contributed by atoms with Crippen LogP contribution in [0, 0.1) is 0 Å². The highest BCUT2D eigenvalue weighted by Crippen LogP contribution is 2.36. The topological polar surface area (TPSA) is 129 Å². The Balaban J connectivity index is 2.32. The Hall–Kier alpha value is -3.16. The first kappa shape index (κ1) is 11.9. The van der Waals surface area contributed by atoms with E-state index in [1.807, 2.05) is 0 Å². The van der Waals surface area contributed by atoms with Crippen molar-refractivity contribution < 1.29 is 0 Å². The van der Waals surface area contributed by atoms with Crippen LogP contribution in [0.15, 0.2) is 37.4 Å². The van der Waals surface area contributed by atoms with Crippen LogP contribution >= 0.6 is 0 Å². The molecular weight excluding hydrogens is 256 g/mol. The summed E-state index contributed by atoms with van der Waals surface area (Å²) in [6.07, 6.45) is 5.56. The minimum Gasteiger partial charge on any atom is -0.398 e. The maximum Gasteiger partial charge on any atom is 0.165 e. The average Bonchev–Trinajstić information content (AvgIpc) is 2.51. The third kappa shape index (κ3) is 1.99. The van der Waals surface area contributed by atoms with Gasteiger partial charge in [-0.1, -0.05) is 0 Å². The molecule has 0 aliphatic carbocycles. The maximum absolute atomic E-state index is 6.03. The van der Waals surface area contributed by atoms with Crippen molar-refractivity contribution in [1.29, 1.82) is 0 Å². The number of hydrogen-bond acceptors (Lipinski definition) is 8. The van der Waals surface area contributed by atoms with Gasteiger partial charge in [0, 0.05) is 11.4 Å². The number of rotatable bonds is 2. The van der Waals surface area contributed by atoms with E-state index in [4.69, 9.17) is 11.5 Å². The van der Waals surface area contributed by atoms with Crippen molar-refractivity contribution in [1.82, 2.24) is 29.9 Å². The SMILES string of the molecule is Nc1ccc(N)c(-c2ncncn2)c1-c1ncncn1. The first-order chi connectivity index (χ1) is 9.77. The number of aromatic nitrogens is 6. The van der Waals surface area contributed by atoms with E-state index >= 15 is 0 Å². The Morgan fingerprint density at radius 2 is 0.950 bits per heavy atom. The minimum absolute atomic E-state index is 0.417. The van der Waals surface area contributed by atoms with Crippen molar-refractivity contribution in [2.45, 2.75) is 0 Å². The fourth-order valence-corrected chi connectivity index (χ4v) is 1.85. The van der Waals surface area contributed by atoms with E-state index in [0.29, 0.717) is 34.2 Å². The van der Waals surface area contributed by atoms with Gasteiger partial charge in [-0.25, -0.2) is 29.9 Å². The maximum atomic E-state index is 6.03. The van der Waals surface area contributed by atoms with E-state index in [9.17, 15) is 0 Å². The zero-order valence-electron chi connectivity index (χ0n) is 10.3. The van der Waals surface area contributed by atoms with Crippen LogP contribution in [0.2, 0.25) is 0 Å². The summed E-state index contributed by atoms with van der Waals surface area (Å²) in [5.74, 6) is 0.834. The second-order valence-electron chi connectivity index (χ2n) is 3.92. The molecule has 2 aromatic heterocycles. The van der Waals surface area contributed by atoms with Crippen LogP contribution < -0.4 is 11.5 Å². The Kier molecular flexibility index (Phi) is 2.88. The molecule has 0 aliphatic heterocycles. The van der Waals surface area contributed by atoms with Crippen molar-refractivity contribution in [3.05, 3.63) is 37.4 Å². The lowest BCUT2D eigenvalue weighted by molar-refractivity contribution is 1.04. The number of nitrogens with two attached hydrogens (primary N) is 2. The molecule has 0 amide bonds. The zero-order valence-corrected chi connectivity index (χ0v) is 10.3. The third-order valence-corrected chi connectivity index (χ3v) is 2.70. The molecule has 8 heteroatoms. The first-order valence-corrected chi connectivity index (χ1v) is 5.70. The van der Waals surface area contributed by atoms with Gasteiger partial charge in [0.25, 0.3) is 0 Å². The summed E-state index contributed by atoms with van der Waals surface area (Å²) in [6.45, 7) is 0. The largest absolute Gasteiger partial charge is 0.398 e. The molecule has 0 saturated carbocycles. The van der Waals surface area contributed by atoms with E-state index in [1.165, 1.54) is 25.3 Å². The first-order valence-electron chi connectivity index (χ1n) is 5.70. The zero-order chi connectivity index (χ0) is 13.9. The summed E-state index contributed by atoms with van der Waals surface area (Å²) in [5, 5.41) is 0. The molecule has 2 heterocycles. The van der Waals surface area contributed by atoms with Crippen molar-refractivity contribution in [2.24, 2.45) is 0 Å². The number of benzene rings is 1. The Morgan fingerprint density at radius 1 is 0.600 bits per heavy atom. The summed E-state index contributed by atoms with van der Waals surface area (Å²) >= 11 is 0. The van der Waals surface area contributed by atoms with E-state index in [1.54, 1.807) is 12.1 Å². The lowest BCUT2D eigenvalue weighted by Gasteiger charge is -2.12. The highest BCUT2D eigenvalue weighted by atomic mass is 15.0. The molecule has 3 aromatic rings. The summed E-state index contributed by atoms with van der Waals surface area (Å²) < 4.78 is 0. The molecule has 1 aromatic carbocycles. The van der Waals surface area contributed by atoms with Crippen molar-refractivity contribution >= 4 is 11.4 Å². The number of anilines is 2. The molecule has 0 atom stereocenters. The summed E-state index contributed by atoms with van der Waals surface area (Å²) in [5.41, 5.74) is 14.2. The fraction of sp³-hybridized carbons (Fsp3) is 0. The van der Waals surface area contributed by atoms with Crippen LogP contribution in [-0.2, 0) is 0 Å². The number of nitrogen functional groups attached to an aromatic ring is 2. The highest BCUT2D eigenvalue weighted by molar-refractivity contribution is 5.93. The van der Waals surface area contributed by atoms with Crippen LogP contribution in [0.1, 0.15) is 0 Å². The average molecular weight is 266 g/mol. The van der Waals surface area contributed by atoms with Gasteiger partial charge in [0.2, 0.25) is 0 Å². The van der Waals surface area contributed by atoms with Gasteiger partial charge in [-0.2, -0.15) is 0 Å². The normalized spacial score (nSPS) is 10.4. The standard InChI is InChI=1S/C12H10N8/c13-7-1-2-8(14)10(12-19-5-16-6-20-12)9(7)11-17-3-15-4-18-11/h1-6H,13-14H2. The molecule has 4 N–H and O–H groups in total. The Labute approximate surface area is 114 Å². The van der Waals surface area contributed by atoms with Crippen LogP contribution in [-0.4, -0.2) is 29.9 Å². The van der Waals surface area contributed by atoms with E-state index in [0.717, 1.165) is 0 Å². The van der Waals surface area contributed by atoms with Gasteiger partial charge >= 0.3 is 0 Å². The lowest BCUT2D eigenvalue weighted by atomic mass is 10.0. The third-order valence-electron chi connectivity index (χ3n) is 2.70.